The molecule has 4 rings (SSSR count). The van der Waals surface area contributed by atoms with Crippen LogP contribution in [0.15, 0.2) is 35.1 Å². The summed E-state index contributed by atoms with van der Waals surface area (Å²) in [6.45, 7) is 7.03. The number of carbonyl (C=O) groups excluding carboxylic acids is 1. The van der Waals surface area contributed by atoms with Gasteiger partial charge >= 0.3 is 0 Å². The van der Waals surface area contributed by atoms with Crippen LogP contribution in [0.5, 0.6) is 0 Å². The summed E-state index contributed by atoms with van der Waals surface area (Å²) < 4.78 is 5.25. The molecule has 7 nitrogen and oxygen atoms in total. The standard InChI is InChI=1S/C21H23N5O2/c1-13-20(14(2)28-25-13)16-6-7-18(23-11-16)17-5-4-10-26(12-17)21(27)19-8-9-22-15(3)24-19/h6-9,11,17H,4-5,10,12H2,1-3H3/t17-/m1/s1. The maximum atomic E-state index is 12.8. The highest BCUT2D eigenvalue weighted by atomic mass is 16.5. The van der Waals surface area contributed by atoms with Gasteiger partial charge in [0.05, 0.1) is 5.69 Å². The Hall–Kier alpha value is -3.09. The van der Waals surface area contributed by atoms with Crippen LogP contribution in [0.25, 0.3) is 11.1 Å². The molecule has 0 spiro atoms. The molecule has 1 saturated heterocycles. The molecule has 1 atom stereocenters. The van der Waals surface area contributed by atoms with Crippen molar-refractivity contribution in [1.82, 2.24) is 25.0 Å². The van der Waals surface area contributed by atoms with E-state index in [4.69, 9.17) is 4.52 Å². The molecule has 0 N–H and O–H groups in total. The van der Waals surface area contributed by atoms with Gasteiger partial charge in [0.2, 0.25) is 0 Å². The van der Waals surface area contributed by atoms with Crippen LogP contribution in [-0.4, -0.2) is 44.0 Å². The fourth-order valence-electron chi connectivity index (χ4n) is 3.83. The third kappa shape index (κ3) is 3.52. The molecular weight excluding hydrogens is 354 g/mol. The SMILES string of the molecule is Cc1nccc(C(=O)N2CCC[C@@H](c3ccc(-c4c(C)noc4C)cn3)C2)n1. The normalized spacial score (nSPS) is 17.0. The predicted octanol–water partition coefficient (Wildman–Crippen LogP) is 3.47. The largest absolute Gasteiger partial charge is 0.361 e. The van der Waals surface area contributed by atoms with E-state index >= 15 is 0 Å². The van der Waals surface area contributed by atoms with Crippen LogP contribution in [0.3, 0.4) is 0 Å². The van der Waals surface area contributed by atoms with Crippen LogP contribution in [-0.2, 0) is 0 Å². The number of hydrogen-bond donors (Lipinski definition) is 0. The molecule has 0 unspecified atom stereocenters. The lowest BCUT2D eigenvalue weighted by atomic mass is 9.93. The number of piperidine rings is 1. The van der Waals surface area contributed by atoms with Gasteiger partial charge in [-0.15, -0.1) is 0 Å². The Labute approximate surface area is 163 Å². The Balaban J connectivity index is 1.51. The fourth-order valence-corrected chi connectivity index (χ4v) is 3.83. The summed E-state index contributed by atoms with van der Waals surface area (Å²) in [5.41, 5.74) is 4.32. The van der Waals surface area contributed by atoms with Gasteiger partial charge < -0.3 is 9.42 Å². The molecule has 0 aliphatic carbocycles. The number of pyridine rings is 1. The molecule has 0 saturated carbocycles. The third-order valence-electron chi connectivity index (χ3n) is 5.23. The van der Waals surface area contributed by atoms with E-state index in [-0.39, 0.29) is 11.8 Å². The molecule has 0 radical (unpaired) electrons. The van der Waals surface area contributed by atoms with Crippen molar-refractivity contribution in [1.29, 1.82) is 0 Å². The zero-order valence-electron chi connectivity index (χ0n) is 16.3. The van der Waals surface area contributed by atoms with Crippen LogP contribution < -0.4 is 0 Å². The molecule has 144 valence electrons. The lowest BCUT2D eigenvalue weighted by molar-refractivity contribution is 0.0699. The first kappa shape index (κ1) is 18.3. The van der Waals surface area contributed by atoms with Gasteiger partial charge in [-0.2, -0.15) is 0 Å². The highest BCUT2D eigenvalue weighted by molar-refractivity contribution is 5.92. The monoisotopic (exact) mass is 377 g/mol. The topological polar surface area (TPSA) is 85.0 Å². The minimum atomic E-state index is -0.0393. The summed E-state index contributed by atoms with van der Waals surface area (Å²) in [5, 5.41) is 4.01. The summed E-state index contributed by atoms with van der Waals surface area (Å²) in [4.78, 5) is 27.7. The predicted molar refractivity (Wildman–Crippen MR) is 104 cm³/mol. The van der Waals surface area contributed by atoms with Crippen molar-refractivity contribution in [2.45, 2.75) is 39.5 Å². The molecule has 3 aromatic heterocycles. The van der Waals surface area contributed by atoms with Gasteiger partial charge in [-0.25, -0.2) is 9.97 Å². The van der Waals surface area contributed by atoms with E-state index in [1.54, 1.807) is 19.2 Å². The Morgan fingerprint density at radius 1 is 1.18 bits per heavy atom. The van der Waals surface area contributed by atoms with E-state index in [9.17, 15) is 4.79 Å². The van der Waals surface area contributed by atoms with Gasteiger partial charge in [0, 0.05) is 48.2 Å². The van der Waals surface area contributed by atoms with Crippen molar-refractivity contribution in [2.24, 2.45) is 0 Å². The Bertz CT molecular complexity index is 977. The molecule has 4 heterocycles. The number of likely N-dealkylation sites (tertiary alicyclic amines) is 1. The Morgan fingerprint density at radius 3 is 2.71 bits per heavy atom. The molecular formula is C21H23N5O2. The van der Waals surface area contributed by atoms with Gasteiger partial charge in [0.25, 0.3) is 5.91 Å². The second kappa shape index (κ2) is 7.50. The van der Waals surface area contributed by atoms with E-state index in [0.717, 1.165) is 47.7 Å². The third-order valence-corrected chi connectivity index (χ3v) is 5.23. The second-order valence-electron chi connectivity index (χ2n) is 7.25. The van der Waals surface area contributed by atoms with Crippen molar-refractivity contribution >= 4 is 5.91 Å². The van der Waals surface area contributed by atoms with Crippen molar-refractivity contribution in [3.63, 3.8) is 0 Å². The summed E-state index contributed by atoms with van der Waals surface area (Å²) in [6, 6.07) is 5.79. The summed E-state index contributed by atoms with van der Waals surface area (Å²) in [7, 11) is 0. The quantitative estimate of drug-likeness (QED) is 0.695. The van der Waals surface area contributed by atoms with Crippen molar-refractivity contribution in [3.8, 4) is 11.1 Å². The van der Waals surface area contributed by atoms with Gasteiger partial charge in [-0.05, 0) is 45.7 Å². The molecule has 28 heavy (non-hydrogen) atoms. The van der Waals surface area contributed by atoms with E-state index < -0.39 is 0 Å². The first-order valence-corrected chi connectivity index (χ1v) is 9.51. The number of aryl methyl sites for hydroxylation is 3. The minimum absolute atomic E-state index is 0.0393. The summed E-state index contributed by atoms with van der Waals surface area (Å²) in [6.07, 6.45) is 5.47. The van der Waals surface area contributed by atoms with Gasteiger partial charge in [-0.3, -0.25) is 9.78 Å². The second-order valence-corrected chi connectivity index (χ2v) is 7.25. The van der Waals surface area contributed by atoms with Gasteiger partial charge in [-0.1, -0.05) is 11.2 Å². The van der Waals surface area contributed by atoms with Gasteiger partial charge in [0.15, 0.2) is 0 Å². The lowest BCUT2D eigenvalue weighted by Gasteiger charge is -2.32. The van der Waals surface area contributed by atoms with E-state index in [1.807, 2.05) is 24.9 Å². The minimum Gasteiger partial charge on any atom is -0.361 e. The van der Waals surface area contributed by atoms with Crippen LogP contribution in [0.2, 0.25) is 0 Å². The average molecular weight is 377 g/mol. The maximum Gasteiger partial charge on any atom is 0.272 e. The van der Waals surface area contributed by atoms with Crippen molar-refractivity contribution < 1.29 is 9.32 Å². The Morgan fingerprint density at radius 2 is 2.04 bits per heavy atom. The first-order chi connectivity index (χ1) is 13.5. The number of aromatic nitrogens is 4. The highest BCUT2D eigenvalue weighted by Crippen LogP contribution is 2.30. The van der Waals surface area contributed by atoms with Gasteiger partial charge in [0.1, 0.15) is 17.3 Å². The number of nitrogens with zero attached hydrogens (tertiary/aromatic N) is 5. The summed E-state index contributed by atoms with van der Waals surface area (Å²) in [5.74, 6) is 1.58. The van der Waals surface area contributed by atoms with Crippen LogP contribution in [0.4, 0.5) is 0 Å². The maximum absolute atomic E-state index is 12.8. The van der Waals surface area contributed by atoms with E-state index in [1.165, 1.54) is 0 Å². The number of hydrogen-bond acceptors (Lipinski definition) is 6. The van der Waals surface area contributed by atoms with Crippen LogP contribution >= 0.6 is 0 Å². The molecule has 1 fully saturated rings. The molecule has 7 heteroatoms. The lowest BCUT2D eigenvalue weighted by Crippen LogP contribution is -2.39. The van der Waals surface area contributed by atoms with E-state index in [2.05, 4.69) is 32.2 Å². The van der Waals surface area contributed by atoms with E-state index in [0.29, 0.717) is 18.1 Å². The molecule has 0 aromatic carbocycles. The molecule has 1 amide bonds. The smallest absolute Gasteiger partial charge is 0.272 e. The van der Waals surface area contributed by atoms with Crippen molar-refractivity contribution in [2.75, 3.05) is 13.1 Å². The summed E-state index contributed by atoms with van der Waals surface area (Å²) >= 11 is 0. The number of amides is 1. The zero-order valence-corrected chi connectivity index (χ0v) is 16.3. The molecule has 0 bridgehead atoms. The zero-order chi connectivity index (χ0) is 19.7. The molecule has 3 aromatic rings. The Kier molecular flexibility index (Phi) is 4.90. The molecule has 1 aliphatic rings. The first-order valence-electron chi connectivity index (χ1n) is 9.51. The van der Waals surface area contributed by atoms with Crippen LogP contribution in [0, 0.1) is 20.8 Å². The highest BCUT2D eigenvalue weighted by Gasteiger charge is 2.27. The number of rotatable bonds is 3. The van der Waals surface area contributed by atoms with Crippen LogP contribution in [0.1, 0.15) is 52.2 Å². The van der Waals surface area contributed by atoms with Crippen molar-refractivity contribution in [3.05, 3.63) is 59.3 Å². The molecule has 1 aliphatic heterocycles. The fraction of sp³-hybridized carbons (Fsp3) is 0.381. The average Bonchev–Trinajstić information content (AvgIpc) is 3.06. The number of carbonyl (C=O) groups is 1.